The summed E-state index contributed by atoms with van der Waals surface area (Å²) in [6, 6.07) is 9.56. The molecule has 5 heteroatoms. The summed E-state index contributed by atoms with van der Waals surface area (Å²) < 4.78 is 11.2. The fourth-order valence-electron chi connectivity index (χ4n) is 2.72. The van der Waals surface area contributed by atoms with Gasteiger partial charge in [0.1, 0.15) is 5.58 Å². The number of ether oxygens (including phenoxy) is 1. The van der Waals surface area contributed by atoms with Gasteiger partial charge in [0.05, 0.1) is 19.3 Å². The third-order valence-corrected chi connectivity index (χ3v) is 3.70. The molecule has 1 atom stereocenters. The Morgan fingerprint density at radius 3 is 2.95 bits per heavy atom. The van der Waals surface area contributed by atoms with Gasteiger partial charge in [-0.05, 0) is 26.2 Å². The van der Waals surface area contributed by atoms with Gasteiger partial charge >= 0.3 is 0 Å². The Kier molecular flexibility index (Phi) is 3.94. The Morgan fingerprint density at radius 1 is 1.38 bits per heavy atom. The predicted molar refractivity (Wildman–Crippen MR) is 80.4 cm³/mol. The number of hydrogen-bond acceptors (Lipinski definition) is 4. The van der Waals surface area contributed by atoms with E-state index in [1.165, 1.54) is 0 Å². The Balaban J connectivity index is 1.84. The maximum absolute atomic E-state index is 12.7. The number of furan rings is 1. The van der Waals surface area contributed by atoms with E-state index in [0.29, 0.717) is 25.5 Å². The lowest BCUT2D eigenvalue weighted by Gasteiger charge is -2.36. The van der Waals surface area contributed by atoms with Crippen molar-refractivity contribution in [2.75, 3.05) is 40.4 Å². The second-order valence-corrected chi connectivity index (χ2v) is 5.64. The molecule has 1 aliphatic heterocycles. The van der Waals surface area contributed by atoms with Gasteiger partial charge in [-0.25, -0.2) is 0 Å². The Labute approximate surface area is 124 Å². The van der Waals surface area contributed by atoms with E-state index < -0.39 is 0 Å². The molecule has 5 nitrogen and oxygen atoms in total. The number of rotatable bonds is 3. The van der Waals surface area contributed by atoms with Crippen LogP contribution in [0.3, 0.4) is 0 Å². The summed E-state index contributed by atoms with van der Waals surface area (Å²) >= 11 is 0. The van der Waals surface area contributed by atoms with Crippen molar-refractivity contribution in [1.29, 1.82) is 0 Å². The van der Waals surface area contributed by atoms with Crippen LogP contribution < -0.4 is 0 Å². The highest BCUT2D eigenvalue weighted by Crippen LogP contribution is 2.21. The lowest BCUT2D eigenvalue weighted by molar-refractivity contribution is -0.00965. The number of carbonyl (C=O) groups excluding carboxylic acids is 1. The first-order valence-electron chi connectivity index (χ1n) is 7.17. The van der Waals surface area contributed by atoms with Crippen LogP contribution in [0.15, 0.2) is 34.7 Å². The number of amides is 1. The first kappa shape index (κ1) is 14.1. The number of nitrogens with zero attached hydrogens (tertiary/aromatic N) is 2. The molecule has 0 bridgehead atoms. The van der Waals surface area contributed by atoms with Crippen LogP contribution in [0.5, 0.6) is 0 Å². The zero-order chi connectivity index (χ0) is 14.8. The summed E-state index contributed by atoms with van der Waals surface area (Å²) in [5, 5.41) is 0.957. The Morgan fingerprint density at radius 2 is 2.19 bits per heavy atom. The molecule has 0 unspecified atom stereocenters. The standard InChI is InChI=1S/C16H20N2O3/c1-17(2)10-13-11-20-8-7-18(13)16(19)15-9-12-5-3-4-6-14(12)21-15/h3-6,9,13H,7-8,10-11H2,1-2H3/t13-/m0/s1. The van der Waals surface area contributed by atoms with Crippen molar-refractivity contribution in [2.24, 2.45) is 0 Å². The highest BCUT2D eigenvalue weighted by atomic mass is 16.5. The summed E-state index contributed by atoms with van der Waals surface area (Å²) in [4.78, 5) is 16.6. The quantitative estimate of drug-likeness (QED) is 0.864. The van der Waals surface area contributed by atoms with Crippen molar-refractivity contribution in [2.45, 2.75) is 6.04 Å². The van der Waals surface area contributed by atoms with E-state index in [1.54, 1.807) is 0 Å². The van der Waals surface area contributed by atoms with Gasteiger partial charge in [0, 0.05) is 18.5 Å². The van der Waals surface area contributed by atoms with Crippen LogP contribution in [0.2, 0.25) is 0 Å². The van der Waals surface area contributed by atoms with Crippen molar-refractivity contribution < 1.29 is 13.9 Å². The SMILES string of the molecule is CN(C)C[C@H]1COCCN1C(=O)c1cc2ccccc2o1. The zero-order valence-electron chi connectivity index (χ0n) is 12.4. The number of likely N-dealkylation sites (N-methyl/N-ethyl adjacent to an activating group) is 1. The number of para-hydroxylation sites is 1. The summed E-state index contributed by atoms with van der Waals surface area (Å²) in [6.45, 7) is 2.54. The summed E-state index contributed by atoms with van der Waals surface area (Å²) in [6.07, 6.45) is 0. The lowest BCUT2D eigenvalue weighted by atomic mass is 10.2. The average molecular weight is 288 g/mol. The van der Waals surface area contributed by atoms with Crippen molar-refractivity contribution in [3.63, 3.8) is 0 Å². The minimum absolute atomic E-state index is 0.0543. The smallest absolute Gasteiger partial charge is 0.290 e. The molecule has 112 valence electrons. The predicted octanol–water partition coefficient (Wildman–Crippen LogP) is 1.84. The number of fused-ring (bicyclic) bond motifs is 1. The largest absolute Gasteiger partial charge is 0.451 e. The molecular formula is C16H20N2O3. The normalized spacial score (nSPS) is 19.4. The van der Waals surface area contributed by atoms with E-state index in [1.807, 2.05) is 49.3 Å². The summed E-state index contributed by atoms with van der Waals surface area (Å²) in [5.41, 5.74) is 0.748. The van der Waals surface area contributed by atoms with E-state index in [0.717, 1.165) is 17.5 Å². The molecule has 1 amide bonds. The minimum atomic E-state index is -0.0543. The molecule has 0 spiro atoms. The number of benzene rings is 1. The summed E-state index contributed by atoms with van der Waals surface area (Å²) in [7, 11) is 4.00. The van der Waals surface area contributed by atoms with Crippen molar-refractivity contribution in [3.05, 3.63) is 36.1 Å². The number of hydrogen-bond donors (Lipinski definition) is 0. The van der Waals surface area contributed by atoms with Gasteiger partial charge in [-0.2, -0.15) is 0 Å². The Bertz CT molecular complexity index is 602. The van der Waals surface area contributed by atoms with E-state index in [2.05, 4.69) is 4.90 Å². The van der Waals surface area contributed by atoms with Gasteiger partial charge in [-0.3, -0.25) is 4.79 Å². The minimum Gasteiger partial charge on any atom is -0.451 e. The number of carbonyl (C=O) groups is 1. The van der Waals surface area contributed by atoms with Crippen LogP contribution in [0, 0.1) is 0 Å². The fourth-order valence-corrected chi connectivity index (χ4v) is 2.72. The van der Waals surface area contributed by atoms with E-state index in [4.69, 9.17) is 9.15 Å². The zero-order valence-corrected chi connectivity index (χ0v) is 12.4. The monoisotopic (exact) mass is 288 g/mol. The van der Waals surface area contributed by atoms with Crippen LogP contribution >= 0.6 is 0 Å². The van der Waals surface area contributed by atoms with Crippen LogP contribution in [0.25, 0.3) is 11.0 Å². The van der Waals surface area contributed by atoms with Crippen molar-refractivity contribution >= 4 is 16.9 Å². The van der Waals surface area contributed by atoms with Crippen LogP contribution in [-0.4, -0.2) is 62.1 Å². The second kappa shape index (κ2) is 5.87. The van der Waals surface area contributed by atoms with Crippen molar-refractivity contribution in [3.8, 4) is 0 Å². The fraction of sp³-hybridized carbons (Fsp3) is 0.438. The van der Waals surface area contributed by atoms with Crippen LogP contribution in [0.1, 0.15) is 10.6 Å². The van der Waals surface area contributed by atoms with E-state index >= 15 is 0 Å². The van der Waals surface area contributed by atoms with Crippen LogP contribution in [0.4, 0.5) is 0 Å². The van der Waals surface area contributed by atoms with Gasteiger partial charge in [-0.1, -0.05) is 18.2 Å². The van der Waals surface area contributed by atoms with Gasteiger partial charge < -0.3 is 19.0 Å². The first-order valence-corrected chi connectivity index (χ1v) is 7.17. The first-order chi connectivity index (χ1) is 10.1. The van der Waals surface area contributed by atoms with Gasteiger partial charge in [-0.15, -0.1) is 0 Å². The molecule has 0 saturated carbocycles. The highest BCUT2D eigenvalue weighted by Gasteiger charge is 2.30. The second-order valence-electron chi connectivity index (χ2n) is 5.64. The van der Waals surface area contributed by atoms with Gasteiger partial charge in [0.2, 0.25) is 0 Å². The molecule has 2 aromatic rings. The van der Waals surface area contributed by atoms with Gasteiger partial charge in [0.15, 0.2) is 5.76 Å². The molecule has 0 N–H and O–H groups in total. The molecule has 2 heterocycles. The maximum atomic E-state index is 12.7. The maximum Gasteiger partial charge on any atom is 0.290 e. The molecule has 3 rings (SSSR count). The molecule has 1 aliphatic rings. The summed E-state index contributed by atoms with van der Waals surface area (Å²) in [5.74, 6) is 0.350. The highest BCUT2D eigenvalue weighted by molar-refractivity contribution is 5.96. The molecule has 21 heavy (non-hydrogen) atoms. The molecule has 1 aromatic carbocycles. The molecule has 1 aromatic heterocycles. The van der Waals surface area contributed by atoms with Crippen molar-refractivity contribution in [1.82, 2.24) is 9.80 Å². The molecular weight excluding hydrogens is 268 g/mol. The Hall–Kier alpha value is -1.85. The molecule has 1 fully saturated rings. The van der Waals surface area contributed by atoms with Crippen LogP contribution in [-0.2, 0) is 4.74 Å². The van der Waals surface area contributed by atoms with E-state index in [9.17, 15) is 4.79 Å². The van der Waals surface area contributed by atoms with Gasteiger partial charge in [0.25, 0.3) is 5.91 Å². The molecule has 0 aliphatic carbocycles. The third kappa shape index (κ3) is 2.94. The number of morpholine rings is 1. The molecule has 0 radical (unpaired) electrons. The van der Waals surface area contributed by atoms with E-state index in [-0.39, 0.29) is 11.9 Å². The third-order valence-electron chi connectivity index (χ3n) is 3.70. The molecule has 1 saturated heterocycles. The lowest BCUT2D eigenvalue weighted by Crippen LogP contribution is -2.52. The topological polar surface area (TPSA) is 45.9 Å². The average Bonchev–Trinajstić information content (AvgIpc) is 2.90.